The summed E-state index contributed by atoms with van der Waals surface area (Å²) in [5.41, 5.74) is 0. The quantitative estimate of drug-likeness (QED) is 0.802. The van der Waals surface area contributed by atoms with Crippen LogP contribution < -0.4 is 5.32 Å². The molecule has 2 saturated carbocycles. The van der Waals surface area contributed by atoms with Crippen LogP contribution in [0.2, 0.25) is 0 Å². The summed E-state index contributed by atoms with van der Waals surface area (Å²) in [4.78, 5) is 14.2. The zero-order valence-corrected chi connectivity index (χ0v) is 10.8. The van der Waals surface area contributed by atoms with E-state index in [0.29, 0.717) is 6.04 Å². The highest BCUT2D eigenvalue weighted by molar-refractivity contribution is 5.74. The number of carbonyl (C=O) groups is 1. The predicted molar refractivity (Wildman–Crippen MR) is 67.7 cm³/mol. The van der Waals surface area contributed by atoms with E-state index in [1.54, 1.807) is 0 Å². The van der Waals surface area contributed by atoms with Crippen LogP contribution in [0.4, 0.5) is 4.79 Å². The predicted octanol–water partition coefficient (Wildman–Crippen LogP) is 2.62. The Morgan fingerprint density at radius 2 is 1.59 bits per heavy atom. The van der Waals surface area contributed by atoms with E-state index in [0.717, 1.165) is 30.8 Å². The van der Waals surface area contributed by atoms with Gasteiger partial charge in [0.25, 0.3) is 0 Å². The lowest BCUT2D eigenvalue weighted by Gasteiger charge is -2.32. The molecule has 0 aromatic rings. The maximum absolute atomic E-state index is 12.2. The molecule has 0 atom stereocenters. The molecule has 2 aliphatic carbocycles. The average Bonchev–Trinajstić information content (AvgIpc) is 3.17. The monoisotopic (exact) mass is 236 g/mol. The maximum atomic E-state index is 12.2. The molecule has 3 fully saturated rings. The highest BCUT2D eigenvalue weighted by atomic mass is 16.2. The second-order valence-electron chi connectivity index (χ2n) is 6.32. The van der Waals surface area contributed by atoms with Gasteiger partial charge in [-0.25, -0.2) is 4.79 Å². The van der Waals surface area contributed by atoms with Crippen LogP contribution in [0.15, 0.2) is 0 Å². The van der Waals surface area contributed by atoms with Gasteiger partial charge >= 0.3 is 6.03 Å². The van der Waals surface area contributed by atoms with E-state index in [2.05, 4.69) is 12.2 Å². The molecule has 1 saturated heterocycles. The van der Waals surface area contributed by atoms with Gasteiger partial charge in [-0.05, 0) is 56.3 Å². The Balaban J connectivity index is 1.51. The van der Waals surface area contributed by atoms with Crippen molar-refractivity contribution in [2.24, 2.45) is 17.8 Å². The molecule has 0 unspecified atom stereocenters. The summed E-state index contributed by atoms with van der Waals surface area (Å²) in [7, 11) is 0. The molecular formula is C14H24N2O. The average molecular weight is 236 g/mol. The van der Waals surface area contributed by atoms with E-state index in [1.807, 2.05) is 4.90 Å². The van der Waals surface area contributed by atoms with E-state index >= 15 is 0 Å². The Hall–Kier alpha value is -0.730. The molecule has 1 N–H and O–H groups in total. The molecular weight excluding hydrogens is 212 g/mol. The van der Waals surface area contributed by atoms with Gasteiger partial charge < -0.3 is 10.2 Å². The van der Waals surface area contributed by atoms with Crippen LogP contribution in [0.25, 0.3) is 0 Å². The lowest BCUT2D eigenvalue weighted by molar-refractivity contribution is 0.167. The van der Waals surface area contributed by atoms with Crippen molar-refractivity contribution in [3.05, 3.63) is 0 Å². The SMILES string of the molecule is CC1CCN(C(=O)NC(C2CC2)C2CC2)CC1. The minimum absolute atomic E-state index is 0.209. The molecule has 0 spiro atoms. The molecule has 2 amide bonds. The molecule has 17 heavy (non-hydrogen) atoms. The van der Waals surface area contributed by atoms with Crippen molar-refractivity contribution in [3.63, 3.8) is 0 Å². The molecule has 96 valence electrons. The summed E-state index contributed by atoms with van der Waals surface area (Å²) >= 11 is 0. The zero-order chi connectivity index (χ0) is 11.8. The van der Waals surface area contributed by atoms with Crippen LogP contribution in [-0.2, 0) is 0 Å². The molecule has 3 rings (SSSR count). The third-order valence-electron chi connectivity index (χ3n) is 4.62. The minimum Gasteiger partial charge on any atom is -0.335 e. The lowest BCUT2D eigenvalue weighted by atomic mass is 9.99. The summed E-state index contributed by atoms with van der Waals surface area (Å²) in [5, 5.41) is 3.31. The molecule has 0 aromatic carbocycles. The first-order valence-corrected chi connectivity index (χ1v) is 7.29. The van der Waals surface area contributed by atoms with Crippen LogP contribution in [0.3, 0.4) is 0 Å². The number of nitrogens with zero attached hydrogens (tertiary/aromatic N) is 1. The second kappa shape index (κ2) is 4.51. The van der Waals surface area contributed by atoms with E-state index in [4.69, 9.17) is 0 Å². The number of hydrogen-bond donors (Lipinski definition) is 1. The fourth-order valence-corrected chi connectivity index (χ4v) is 2.98. The number of rotatable bonds is 3. The van der Waals surface area contributed by atoms with Crippen molar-refractivity contribution in [2.75, 3.05) is 13.1 Å². The Morgan fingerprint density at radius 3 is 2.06 bits per heavy atom. The number of piperidine rings is 1. The lowest BCUT2D eigenvalue weighted by Crippen LogP contribution is -2.49. The maximum Gasteiger partial charge on any atom is 0.317 e. The van der Waals surface area contributed by atoms with Gasteiger partial charge in [-0.2, -0.15) is 0 Å². The molecule has 1 aliphatic heterocycles. The van der Waals surface area contributed by atoms with Gasteiger partial charge in [0.15, 0.2) is 0 Å². The summed E-state index contributed by atoms with van der Waals surface area (Å²) in [6, 6.07) is 0.711. The number of urea groups is 1. The third kappa shape index (κ3) is 2.75. The number of amides is 2. The van der Waals surface area contributed by atoms with Crippen molar-refractivity contribution < 1.29 is 4.79 Å². The van der Waals surface area contributed by atoms with Gasteiger partial charge in [0, 0.05) is 19.1 Å². The van der Waals surface area contributed by atoms with Crippen LogP contribution in [-0.4, -0.2) is 30.1 Å². The molecule has 0 bridgehead atoms. The van der Waals surface area contributed by atoms with Crippen molar-refractivity contribution in [3.8, 4) is 0 Å². The molecule has 0 radical (unpaired) electrons. The summed E-state index contributed by atoms with van der Waals surface area (Å²) in [6.07, 6.45) is 7.67. The molecule has 3 aliphatic rings. The van der Waals surface area contributed by atoms with Crippen molar-refractivity contribution >= 4 is 6.03 Å². The summed E-state index contributed by atoms with van der Waals surface area (Å²) in [5.74, 6) is 2.40. The van der Waals surface area contributed by atoms with E-state index in [1.165, 1.54) is 38.5 Å². The van der Waals surface area contributed by atoms with Gasteiger partial charge in [0.05, 0.1) is 0 Å². The molecule has 0 aromatic heterocycles. The largest absolute Gasteiger partial charge is 0.335 e. The fourth-order valence-electron chi connectivity index (χ4n) is 2.98. The smallest absolute Gasteiger partial charge is 0.317 e. The van der Waals surface area contributed by atoms with Crippen LogP contribution in [0.5, 0.6) is 0 Å². The number of likely N-dealkylation sites (tertiary alicyclic amines) is 1. The molecule has 3 nitrogen and oxygen atoms in total. The van der Waals surface area contributed by atoms with Crippen molar-refractivity contribution in [1.29, 1.82) is 0 Å². The first-order chi connectivity index (χ1) is 8.24. The first-order valence-electron chi connectivity index (χ1n) is 7.29. The Morgan fingerprint density at radius 1 is 1.06 bits per heavy atom. The number of hydrogen-bond acceptors (Lipinski definition) is 1. The minimum atomic E-state index is 0.209. The Kier molecular flexibility index (Phi) is 3.01. The number of nitrogens with one attached hydrogen (secondary N) is 1. The van der Waals surface area contributed by atoms with Crippen LogP contribution in [0.1, 0.15) is 45.4 Å². The Bertz CT molecular complexity index is 277. The van der Waals surface area contributed by atoms with Crippen molar-refractivity contribution in [1.82, 2.24) is 10.2 Å². The zero-order valence-electron chi connectivity index (χ0n) is 10.8. The standard InChI is InChI=1S/C14H24N2O/c1-10-6-8-16(9-7-10)14(17)15-13(11-2-3-11)12-4-5-12/h10-13H,2-9H2,1H3,(H,15,17). The number of carbonyl (C=O) groups excluding carboxylic acids is 1. The van der Waals surface area contributed by atoms with Gasteiger partial charge in [-0.1, -0.05) is 6.92 Å². The highest BCUT2D eigenvalue weighted by Gasteiger charge is 2.42. The topological polar surface area (TPSA) is 32.3 Å². The van der Waals surface area contributed by atoms with E-state index < -0.39 is 0 Å². The van der Waals surface area contributed by atoms with Crippen LogP contribution >= 0.6 is 0 Å². The van der Waals surface area contributed by atoms with Gasteiger partial charge in [-0.3, -0.25) is 0 Å². The Labute approximate surface area is 104 Å². The van der Waals surface area contributed by atoms with Gasteiger partial charge in [0.2, 0.25) is 0 Å². The summed E-state index contributed by atoms with van der Waals surface area (Å²) < 4.78 is 0. The molecule has 1 heterocycles. The fraction of sp³-hybridized carbons (Fsp3) is 0.929. The summed E-state index contributed by atoms with van der Waals surface area (Å²) in [6.45, 7) is 4.19. The highest BCUT2D eigenvalue weighted by Crippen LogP contribution is 2.44. The van der Waals surface area contributed by atoms with Gasteiger partial charge in [-0.15, -0.1) is 0 Å². The van der Waals surface area contributed by atoms with E-state index in [-0.39, 0.29) is 6.03 Å². The van der Waals surface area contributed by atoms with Gasteiger partial charge in [0.1, 0.15) is 0 Å². The van der Waals surface area contributed by atoms with Crippen molar-refractivity contribution in [2.45, 2.75) is 51.5 Å². The second-order valence-corrected chi connectivity index (χ2v) is 6.32. The normalized spacial score (nSPS) is 26.4. The first kappa shape index (κ1) is 11.4. The third-order valence-corrected chi connectivity index (χ3v) is 4.62. The van der Waals surface area contributed by atoms with E-state index in [9.17, 15) is 4.79 Å². The van der Waals surface area contributed by atoms with Crippen LogP contribution in [0, 0.1) is 17.8 Å². The molecule has 3 heteroatoms.